The molecule has 0 unspecified atom stereocenters. The van der Waals surface area contributed by atoms with Crippen LogP contribution in [0.2, 0.25) is 0 Å². The van der Waals surface area contributed by atoms with E-state index < -0.39 is 0 Å². The first kappa shape index (κ1) is 21.4. The second kappa shape index (κ2) is 11.7. The summed E-state index contributed by atoms with van der Waals surface area (Å²) in [5.74, 6) is -0.553. The highest BCUT2D eigenvalue weighted by Gasteiger charge is 2.08. The van der Waals surface area contributed by atoms with Gasteiger partial charge < -0.3 is 15.4 Å². The first-order chi connectivity index (χ1) is 13.6. The Bertz CT molecular complexity index is 799. The van der Waals surface area contributed by atoms with Crippen molar-refractivity contribution in [2.75, 3.05) is 20.2 Å². The van der Waals surface area contributed by atoms with E-state index in [4.69, 9.17) is 0 Å². The molecule has 2 aromatic carbocycles. The molecule has 2 amide bonds. The minimum Gasteiger partial charge on any atom is -0.469 e. The maximum atomic E-state index is 12.2. The topological polar surface area (TPSA) is 84.5 Å². The van der Waals surface area contributed by atoms with Gasteiger partial charge in [-0.1, -0.05) is 55.3 Å². The third kappa shape index (κ3) is 7.39. The number of carbonyl (C=O) groups is 3. The summed E-state index contributed by atoms with van der Waals surface area (Å²) in [5.41, 5.74) is 0.947. The lowest BCUT2D eigenvalue weighted by molar-refractivity contribution is -0.140. The van der Waals surface area contributed by atoms with Crippen molar-refractivity contribution in [2.24, 2.45) is 0 Å². The van der Waals surface area contributed by atoms with Crippen LogP contribution >= 0.6 is 0 Å². The zero-order chi connectivity index (χ0) is 20.2. The highest BCUT2D eigenvalue weighted by atomic mass is 16.5. The summed E-state index contributed by atoms with van der Waals surface area (Å²) in [6, 6.07) is 13.8. The third-order valence-electron chi connectivity index (χ3n) is 4.53. The number of rotatable bonds is 11. The van der Waals surface area contributed by atoms with Crippen LogP contribution in [0, 0.1) is 0 Å². The number of amides is 2. The average Bonchev–Trinajstić information content (AvgIpc) is 2.71. The number of nitrogens with one attached hydrogen (secondary N) is 2. The highest BCUT2D eigenvalue weighted by molar-refractivity contribution is 5.91. The van der Waals surface area contributed by atoms with Crippen LogP contribution in [0.4, 0.5) is 0 Å². The summed E-state index contributed by atoms with van der Waals surface area (Å²) in [6.07, 6.45) is 4.18. The molecule has 0 bridgehead atoms. The zero-order valence-corrected chi connectivity index (χ0v) is 16.3. The molecular formula is C22H28N2O4. The molecule has 2 rings (SSSR count). The van der Waals surface area contributed by atoms with E-state index >= 15 is 0 Å². The molecule has 0 aliphatic rings. The Morgan fingerprint density at radius 3 is 2.43 bits per heavy atom. The second-order valence-corrected chi connectivity index (χ2v) is 6.68. The van der Waals surface area contributed by atoms with E-state index in [9.17, 15) is 14.4 Å². The van der Waals surface area contributed by atoms with Crippen LogP contribution in [0.25, 0.3) is 10.8 Å². The van der Waals surface area contributed by atoms with E-state index in [1.54, 1.807) is 0 Å². The fourth-order valence-electron chi connectivity index (χ4n) is 3.00. The molecular weight excluding hydrogens is 356 g/mol. The van der Waals surface area contributed by atoms with Crippen molar-refractivity contribution in [3.05, 3.63) is 48.0 Å². The minimum absolute atomic E-state index is 0.0219. The molecule has 0 aromatic heterocycles. The second-order valence-electron chi connectivity index (χ2n) is 6.68. The Kier molecular flexibility index (Phi) is 8.98. The van der Waals surface area contributed by atoms with Crippen LogP contribution < -0.4 is 10.6 Å². The average molecular weight is 384 g/mol. The van der Waals surface area contributed by atoms with E-state index in [1.165, 1.54) is 7.11 Å². The molecule has 2 N–H and O–H groups in total. The van der Waals surface area contributed by atoms with Crippen molar-refractivity contribution < 1.29 is 19.1 Å². The van der Waals surface area contributed by atoms with Gasteiger partial charge in [0.05, 0.1) is 20.1 Å². The van der Waals surface area contributed by atoms with Crippen molar-refractivity contribution in [1.82, 2.24) is 10.6 Å². The molecule has 0 aliphatic carbocycles. The molecule has 0 fully saturated rings. The van der Waals surface area contributed by atoms with Crippen molar-refractivity contribution in [1.29, 1.82) is 0 Å². The van der Waals surface area contributed by atoms with Crippen molar-refractivity contribution in [2.45, 2.75) is 38.5 Å². The summed E-state index contributed by atoms with van der Waals surface area (Å²) in [5, 5.41) is 7.62. The highest BCUT2D eigenvalue weighted by Crippen LogP contribution is 2.18. The lowest BCUT2D eigenvalue weighted by Crippen LogP contribution is -2.37. The normalized spacial score (nSPS) is 10.5. The van der Waals surface area contributed by atoms with E-state index in [0.717, 1.165) is 42.0 Å². The smallest absolute Gasteiger partial charge is 0.305 e. The van der Waals surface area contributed by atoms with Gasteiger partial charge in [-0.2, -0.15) is 0 Å². The molecule has 6 nitrogen and oxygen atoms in total. The maximum Gasteiger partial charge on any atom is 0.305 e. The van der Waals surface area contributed by atoms with E-state index in [0.29, 0.717) is 13.0 Å². The fraction of sp³-hybridized carbons (Fsp3) is 0.409. The van der Waals surface area contributed by atoms with Gasteiger partial charge in [0.1, 0.15) is 0 Å². The summed E-state index contributed by atoms with van der Waals surface area (Å²) >= 11 is 0. The third-order valence-corrected chi connectivity index (χ3v) is 4.53. The van der Waals surface area contributed by atoms with Crippen LogP contribution in [0.3, 0.4) is 0 Å². The van der Waals surface area contributed by atoms with Gasteiger partial charge in [-0.25, -0.2) is 0 Å². The molecule has 28 heavy (non-hydrogen) atoms. The molecule has 6 heteroatoms. The molecule has 0 saturated heterocycles. The Morgan fingerprint density at radius 1 is 0.857 bits per heavy atom. The number of carbonyl (C=O) groups excluding carboxylic acids is 3. The molecule has 0 heterocycles. The molecule has 0 aliphatic heterocycles. The Labute approximate surface area is 165 Å². The number of hydrogen-bond donors (Lipinski definition) is 2. The lowest BCUT2D eigenvalue weighted by atomic mass is 10.0. The molecule has 0 spiro atoms. The van der Waals surface area contributed by atoms with Crippen molar-refractivity contribution >= 4 is 28.6 Å². The van der Waals surface area contributed by atoms with Crippen LogP contribution in [-0.4, -0.2) is 38.0 Å². The van der Waals surface area contributed by atoms with Crippen LogP contribution in [-0.2, 0) is 25.5 Å². The van der Waals surface area contributed by atoms with Gasteiger partial charge in [-0.15, -0.1) is 0 Å². The number of fused-ring (bicyclic) bond motifs is 1. The summed E-state index contributed by atoms with van der Waals surface area (Å²) in [4.78, 5) is 35.0. The van der Waals surface area contributed by atoms with Crippen LogP contribution in [0.5, 0.6) is 0 Å². The maximum absolute atomic E-state index is 12.2. The van der Waals surface area contributed by atoms with Gasteiger partial charge in [-0.05, 0) is 29.2 Å². The zero-order valence-electron chi connectivity index (χ0n) is 16.3. The molecule has 150 valence electrons. The van der Waals surface area contributed by atoms with Crippen molar-refractivity contribution in [3.8, 4) is 0 Å². The molecule has 0 saturated carbocycles. The summed E-state index contributed by atoms with van der Waals surface area (Å²) in [6.45, 7) is 0.544. The molecule has 0 atom stereocenters. The van der Waals surface area contributed by atoms with Gasteiger partial charge in [-0.3, -0.25) is 14.4 Å². The Morgan fingerprint density at radius 2 is 1.61 bits per heavy atom. The quantitative estimate of drug-likeness (QED) is 0.461. The van der Waals surface area contributed by atoms with Gasteiger partial charge in [0.25, 0.3) is 0 Å². The standard InChI is InChI=1S/C22H28N2O4/c1-28-22(27)13-4-2-3-7-14-23-21(26)16-24-20(25)15-18-11-8-10-17-9-5-6-12-19(17)18/h5-6,8-12H,2-4,7,13-16H2,1H3,(H,23,26)(H,24,25). The van der Waals surface area contributed by atoms with Crippen LogP contribution in [0.1, 0.15) is 37.7 Å². The lowest BCUT2D eigenvalue weighted by Gasteiger charge is -2.09. The first-order valence-electron chi connectivity index (χ1n) is 9.67. The number of ether oxygens (including phenoxy) is 1. The summed E-state index contributed by atoms with van der Waals surface area (Å²) < 4.78 is 4.58. The van der Waals surface area contributed by atoms with Gasteiger partial charge in [0.2, 0.25) is 11.8 Å². The number of benzene rings is 2. The minimum atomic E-state index is -0.194. The predicted octanol–water partition coefficient (Wildman–Crippen LogP) is 2.74. The fourth-order valence-corrected chi connectivity index (χ4v) is 3.00. The van der Waals surface area contributed by atoms with E-state index in [2.05, 4.69) is 15.4 Å². The van der Waals surface area contributed by atoms with Crippen molar-refractivity contribution in [3.63, 3.8) is 0 Å². The van der Waals surface area contributed by atoms with Gasteiger partial charge >= 0.3 is 5.97 Å². The largest absolute Gasteiger partial charge is 0.469 e. The Hall–Kier alpha value is -2.89. The Balaban J connectivity index is 1.61. The predicted molar refractivity (Wildman–Crippen MR) is 109 cm³/mol. The molecule has 0 radical (unpaired) electrons. The number of methoxy groups -OCH3 is 1. The number of hydrogen-bond acceptors (Lipinski definition) is 4. The number of unbranched alkanes of at least 4 members (excludes halogenated alkanes) is 3. The SMILES string of the molecule is COC(=O)CCCCCCNC(=O)CNC(=O)Cc1cccc2ccccc12. The number of esters is 1. The van der Waals surface area contributed by atoms with Crippen LogP contribution in [0.15, 0.2) is 42.5 Å². The van der Waals surface area contributed by atoms with E-state index in [-0.39, 0.29) is 30.7 Å². The van der Waals surface area contributed by atoms with E-state index in [1.807, 2.05) is 42.5 Å². The summed E-state index contributed by atoms with van der Waals surface area (Å²) in [7, 11) is 1.39. The first-order valence-corrected chi connectivity index (χ1v) is 9.67. The van der Waals surface area contributed by atoms with Gasteiger partial charge in [0.15, 0.2) is 0 Å². The monoisotopic (exact) mass is 384 g/mol. The van der Waals surface area contributed by atoms with Gasteiger partial charge in [0, 0.05) is 13.0 Å². The molecule has 2 aromatic rings.